The molecule has 0 nitrogen and oxygen atoms in total. The Morgan fingerprint density at radius 1 is 0.700 bits per heavy atom. The Morgan fingerprint density at radius 3 is 1.20 bits per heavy atom. The predicted octanol–water partition coefficient (Wildman–Crippen LogP) is 3.71. The van der Waals surface area contributed by atoms with E-state index in [1.54, 1.807) is 18.1 Å². The number of rotatable bonds is 6. The average Bonchev–Trinajstić information content (AvgIpc) is 1.90. The summed E-state index contributed by atoms with van der Waals surface area (Å²) in [5.41, 5.74) is 0. The Bertz CT molecular complexity index is 47.5. The topological polar surface area (TPSA) is 0 Å². The molecule has 0 aromatic heterocycles. The third-order valence-corrected chi connectivity index (χ3v) is 5.43. The molecule has 62 valence electrons. The van der Waals surface area contributed by atoms with Crippen molar-refractivity contribution in [3.8, 4) is 0 Å². The Hall–Kier alpha value is 0.217. The molecular formula is C9H21Si-. The minimum atomic E-state index is 0.103. The molecule has 0 aliphatic heterocycles. The van der Waals surface area contributed by atoms with Gasteiger partial charge in [0.2, 0.25) is 0 Å². The average molecular weight is 157 g/mol. The predicted molar refractivity (Wildman–Crippen MR) is 51.0 cm³/mol. The molecule has 0 aliphatic rings. The van der Waals surface area contributed by atoms with Crippen LogP contribution < -0.4 is 0 Å². The molecule has 0 fully saturated rings. The van der Waals surface area contributed by atoms with Gasteiger partial charge in [-0.05, 0) is 0 Å². The van der Waals surface area contributed by atoms with E-state index in [4.69, 9.17) is 0 Å². The van der Waals surface area contributed by atoms with E-state index in [9.17, 15) is 0 Å². The van der Waals surface area contributed by atoms with Crippen LogP contribution in [0.1, 0.15) is 40.0 Å². The van der Waals surface area contributed by atoms with E-state index >= 15 is 0 Å². The molecule has 0 unspecified atom stereocenters. The molecule has 0 aromatic carbocycles. The summed E-state index contributed by atoms with van der Waals surface area (Å²) < 4.78 is 0. The lowest BCUT2D eigenvalue weighted by atomic mass is 10.6. The van der Waals surface area contributed by atoms with Crippen molar-refractivity contribution in [2.75, 3.05) is 0 Å². The van der Waals surface area contributed by atoms with Crippen molar-refractivity contribution in [1.29, 1.82) is 0 Å². The van der Waals surface area contributed by atoms with Gasteiger partial charge in [-0.2, -0.15) is 18.1 Å². The van der Waals surface area contributed by atoms with E-state index in [2.05, 4.69) is 20.8 Å². The maximum atomic E-state index is 2.32. The fraction of sp³-hybridized carbons (Fsp3) is 1.00. The minimum absolute atomic E-state index is 0.103. The highest BCUT2D eigenvalue weighted by Crippen LogP contribution is 2.11. The van der Waals surface area contributed by atoms with Crippen molar-refractivity contribution in [1.82, 2.24) is 0 Å². The Morgan fingerprint density at radius 2 is 1.00 bits per heavy atom. The van der Waals surface area contributed by atoms with E-state index in [1.807, 2.05) is 0 Å². The molecule has 1 heteroatoms. The summed E-state index contributed by atoms with van der Waals surface area (Å²) in [6.07, 6.45) is 4.23. The summed E-state index contributed by atoms with van der Waals surface area (Å²) in [5, 5.41) is 0. The summed E-state index contributed by atoms with van der Waals surface area (Å²) >= 11 is 0. The van der Waals surface area contributed by atoms with Gasteiger partial charge in [0.05, 0.1) is 0 Å². The van der Waals surface area contributed by atoms with Crippen LogP contribution in [0, 0.1) is 0 Å². The summed E-state index contributed by atoms with van der Waals surface area (Å²) in [5.74, 6) is 0. The van der Waals surface area contributed by atoms with E-state index in [1.165, 1.54) is 19.3 Å². The van der Waals surface area contributed by atoms with Gasteiger partial charge in [0.1, 0.15) is 0 Å². The maximum Gasteiger partial charge on any atom is -0.0682 e. The van der Waals surface area contributed by atoms with Crippen LogP contribution in [0.4, 0.5) is 0 Å². The SMILES string of the molecule is CCC[Si-](CCC)CCC. The lowest BCUT2D eigenvalue weighted by Crippen LogP contribution is -2.09. The second-order valence-corrected chi connectivity index (χ2v) is 6.00. The van der Waals surface area contributed by atoms with Gasteiger partial charge in [-0.15, -0.1) is 0 Å². The molecule has 0 bridgehead atoms. The van der Waals surface area contributed by atoms with Crippen LogP contribution in [0.3, 0.4) is 0 Å². The van der Waals surface area contributed by atoms with Crippen LogP contribution in [-0.4, -0.2) is 8.80 Å². The van der Waals surface area contributed by atoms with E-state index in [0.717, 1.165) is 0 Å². The quantitative estimate of drug-likeness (QED) is 0.516. The molecule has 0 saturated carbocycles. The first kappa shape index (κ1) is 10.2. The third-order valence-electron chi connectivity index (χ3n) is 1.81. The first-order chi connectivity index (χ1) is 4.85. The summed E-state index contributed by atoms with van der Waals surface area (Å²) in [4.78, 5) is 0. The number of hydrogen-bond donors (Lipinski definition) is 0. The molecule has 0 atom stereocenters. The molecular weight excluding hydrogens is 136 g/mol. The van der Waals surface area contributed by atoms with Gasteiger partial charge < -0.3 is 0 Å². The van der Waals surface area contributed by atoms with Crippen molar-refractivity contribution in [3.63, 3.8) is 0 Å². The molecule has 0 heterocycles. The van der Waals surface area contributed by atoms with Gasteiger partial charge in [-0.1, -0.05) is 40.0 Å². The van der Waals surface area contributed by atoms with Gasteiger partial charge in [0.25, 0.3) is 0 Å². The molecule has 0 radical (unpaired) electrons. The maximum absolute atomic E-state index is 2.32. The number of hydrogen-bond acceptors (Lipinski definition) is 0. The van der Waals surface area contributed by atoms with Crippen LogP contribution >= 0.6 is 0 Å². The Kier molecular flexibility index (Phi) is 7.48. The van der Waals surface area contributed by atoms with Gasteiger partial charge in [0.15, 0.2) is 0 Å². The Labute approximate surface area is 67.6 Å². The third kappa shape index (κ3) is 5.04. The molecule has 0 spiro atoms. The fourth-order valence-corrected chi connectivity index (χ4v) is 4.31. The smallest absolute Gasteiger partial charge is 0.0682 e. The minimum Gasteiger partial charge on any atom is -0.260 e. The highest BCUT2D eigenvalue weighted by Gasteiger charge is 1.90. The van der Waals surface area contributed by atoms with Crippen LogP contribution in [0.25, 0.3) is 0 Å². The summed E-state index contributed by atoms with van der Waals surface area (Å²) in [7, 11) is 0.103. The molecule has 0 aliphatic carbocycles. The van der Waals surface area contributed by atoms with Gasteiger partial charge >= 0.3 is 0 Å². The van der Waals surface area contributed by atoms with Crippen molar-refractivity contribution < 1.29 is 0 Å². The standard InChI is InChI=1S/C9H21Si/c1-4-7-10(8-5-2)9-6-3/h4-9H2,1-3H3/q-1. The van der Waals surface area contributed by atoms with Crippen LogP contribution in [0.5, 0.6) is 0 Å². The first-order valence-corrected chi connectivity index (χ1v) is 6.80. The highest BCUT2D eigenvalue weighted by molar-refractivity contribution is 6.58. The van der Waals surface area contributed by atoms with Gasteiger partial charge in [0, 0.05) is 0 Å². The molecule has 0 rings (SSSR count). The summed E-state index contributed by atoms with van der Waals surface area (Å²) in [6.45, 7) is 6.95. The monoisotopic (exact) mass is 157 g/mol. The van der Waals surface area contributed by atoms with Gasteiger partial charge in [-0.25, -0.2) is 0 Å². The van der Waals surface area contributed by atoms with E-state index in [0.29, 0.717) is 0 Å². The van der Waals surface area contributed by atoms with Gasteiger partial charge in [-0.3, -0.25) is 8.80 Å². The second kappa shape index (κ2) is 7.33. The van der Waals surface area contributed by atoms with Crippen molar-refractivity contribution in [3.05, 3.63) is 0 Å². The van der Waals surface area contributed by atoms with E-state index in [-0.39, 0.29) is 8.80 Å². The highest BCUT2D eigenvalue weighted by atomic mass is 28.3. The molecule has 0 saturated heterocycles. The normalized spacial score (nSPS) is 10.8. The first-order valence-electron chi connectivity index (χ1n) is 4.68. The molecule has 10 heavy (non-hydrogen) atoms. The van der Waals surface area contributed by atoms with Crippen molar-refractivity contribution in [2.45, 2.75) is 58.2 Å². The molecule has 0 amide bonds. The van der Waals surface area contributed by atoms with Crippen molar-refractivity contribution in [2.24, 2.45) is 0 Å². The molecule has 0 aromatic rings. The molecule has 0 N–H and O–H groups in total. The van der Waals surface area contributed by atoms with Crippen molar-refractivity contribution >= 4 is 8.80 Å². The van der Waals surface area contributed by atoms with Crippen LogP contribution in [-0.2, 0) is 0 Å². The zero-order chi connectivity index (χ0) is 7.82. The summed E-state index contributed by atoms with van der Waals surface area (Å²) in [6, 6.07) is 4.64. The van der Waals surface area contributed by atoms with E-state index < -0.39 is 0 Å². The fourth-order valence-electron chi connectivity index (χ4n) is 1.44. The zero-order valence-electron chi connectivity index (χ0n) is 7.74. The largest absolute Gasteiger partial charge is 0.260 e. The lowest BCUT2D eigenvalue weighted by molar-refractivity contribution is 0.957. The second-order valence-electron chi connectivity index (χ2n) is 3.00. The Balaban J connectivity index is 3.30. The van der Waals surface area contributed by atoms with Crippen LogP contribution in [0.2, 0.25) is 18.1 Å². The van der Waals surface area contributed by atoms with Crippen LogP contribution in [0.15, 0.2) is 0 Å². The zero-order valence-corrected chi connectivity index (χ0v) is 8.74. The lowest BCUT2D eigenvalue weighted by Gasteiger charge is -2.26.